The average Bonchev–Trinajstić information content (AvgIpc) is 2.58. The third-order valence-electron chi connectivity index (χ3n) is 1.65. The summed E-state index contributed by atoms with van der Waals surface area (Å²) in [6.45, 7) is 0. The van der Waals surface area contributed by atoms with Crippen LogP contribution in [0, 0.1) is 0 Å². The smallest absolute Gasteiger partial charge is 0.253 e. The van der Waals surface area contributed by atoms with Gasteiger partial charge in [0.05, 0.1) is 0 Å². The largest absolute Gasteiger partial charge is 0.347 e. The SMILES string of the molecule is O=C1NC(=S)NC1c1ccsc1. The van der Waals surface area contributed by atoms with E-state index in [2.05, 4.69) is 10.6 Å². The van der Waals surface area contributed by atoms with E-state index in [0.29, 0.717) is 5.11 Å². The summed E-state index contributed by atoms with van der Waals surface area (Å²) in [4.78, 5) is 11.2. The molecule has 5 heteroatoms. The number of hydrogen-bond donors (Lipinski definition) is 2. The molecule has 1 amide bonds. The molecule has 3 nitrogen and oxygen atoms in total. The van der Waals surface area contributed by atoms with E-state index < -0.39 is 0 Å². The van der Waals surface area contributed by atoms with Crippen LogP contribution < -0.4 is 10.6 Å². The summed E-state index contributed by atoms with van der Waals surface area (Å²) in [7, 11) is 0. The van der Waals surface area contributed by atoms with Crippen molar-refractivity contribution in [2.75, 3.05) is 0 Å². The van der Waals surface area contributed by atoms with Gasteiger partial charge in [-0.25, -0.2) is 0 Å². The number of thiocarbonyl (C=S) groups is 1. The molecule has 2 rings (SSSR count). The number of amides is 1. The predicted molar refractivity (Wildman–Crippen MR) is 50.9 cm³/mol. The molecule has 1 unspecified atom stereocenters. The zero-order valence-corrected chi connectivity index (χ0v) is 7.67. The molecule has 62 valence electrons. The van der Waals surface area contributed by atoms with Gasteiger partial charge in [0.15, 0.2) is 5.11 Å². The quantitative estimate of drug-likeness (QED) is 0.656. The maximum absolute atomic E-state index is 11.2. The van der Waals surface area contributed by atoms with Gasteiger partial charge in [-0.1, -0.05) is 0 Å². The van der Waals surface area contributed by atoms with Crippen LogP contribution in [-0.2, 0) is 4.79 Å². The second kappa shape index (κ2) is 2.84. The lowest BCUT2D eigenvalue weighted by Crippen LogP contribution is -2.21. The molecule has 0 radical (unpaired) electrons. The van der Waals surface area contributed by atoms with Gasteiger partial charge < -0.3 is 10.6 Å². The Bertz CT molecular complexity index is 320. The predicted octanol–water partition coefficient (Wildman–Crippen LogP) is 0.794. The molecule has 1 atom stereocenters. The van der Waals surface area contributed by atoms with Gasteiger partial charge in [-0.3, -0.25) is 4.79 Å². The van der Waals surface area contributed by atoms with Crippen LogP contribution in [0.15, 0.2) is 16.8 Å². The molecule has 1 aliphatic rings. The molecule has 1 aromatic rings. The first kappa shape index (κ1) is 7.70. The molecule has 0 spiro atoms. The Kier molecular flexibility index (Phi) is 1.82. The molecular weight excluding hydrogens is 192 g/mol. The van der Waals surface area contributed by atoms with E-state index in [1.165, 1.54) is 0 Å². The summed E-state index contributed by atoms with van der Waals surface area (Å²) >= 11 is 6.37. The highest BCUT2D eigenvalue weighted by Gasteiger charge is 2.28. The standard InChI is InChI=1S/C7H6N2OS2/c10-6-5(8-7(11)9-6)4-1-2-12-3-4/h1-3,5H,(H2,8,9,10,11). The lowest BCUT2D eigenvalue weighted by molar-refractivity contribution is -0.120. The van der Waals surface area contributed by atoms with Gasteiger partial charge in [-0.2, -0.15) is 11.3 Å². The molecule has 1 aromatic heterocycles. The van der Waals surface area contributed by atoms with Crippen molar-refractivity contribution in [2.24, 2.45) is 0 Å². The molecule has 0 saturated carbocycles. The average molecular weight is 198 g/mol. The number of thiophene rings is 1. The topological polar surface area (TPSA) is 41.1 Å². The zero-order valence-electron chi connectivity index (χ0n) is 6.03. The lowest BCUT2D eigenvalue weighted by Gasteiger charge is -2.02. The fourth-order valence-corrected chi connectivity index (χ4v) is 2.00. The Labute approximate surface area is 78.8 Å². The van der Waals surface area contributed by atoms with E-state index in [1.807, 2.05) is 16.8 Å². The normalized spacial score (nSPS) is 22.2. The molecular formula is C7H6N2OS2. The first-order valence-corrected chi connectivity index (χ1v) is 4.76. The molecule has 1 aliphatic heterocycles. The summed E-state index contributed by atoms with van der Waals surface area (Å²) in [5.74, 6) is -0.0709. The van der Waals surface area contributed by atoms with E-state index in [0.717, 1.165) is 5.56 Å². The van der Waals surface area contributed by atoms with Crippen molar-refractivity contribution in [3.05, 3.63) is 22.4 Å². The highest BCUT2D eigenvalue weighted by atomic mass is 32.1. The zero-order chi connectivity index (χ0) is 8.55. The lowest BCUT2D eigenvalue weighted by atomic mass is 10.1. The Hall–Kier alpha value is -0.940. The van der Waals surface area contributed by atoms with E-state index in [4.69, 9.17) is 12.2 Å². The minimum Gasteiger partial charge on any atom is -0.347 e. The number of nitrogens with one attached hydrogen (secondary N) is 2. The van der Waals surface area contributed by atoms with Crippen LogP contribution in [0.25, 0.3) is 0 Å². The van der Waals surface area contributed by atoms with Crippen LogP contribution in [0.3, 0.4) is 0 Å². The van der Waals surface area contributed by atoms with Crippen molar-refractivity contribution in [3.8, 4) is 0 Å². The monoisotopic (exact) mass is 198 g/mol. The van der Waals surface area contributed by atoms with Crippen LogP contribution in [0.5, 0.6) is 0 Å². The van der Waals surface area contributed by atoms with Crippen molar-refractivity contribution < 1.29 is 4.79 Å². The minimum absolute atomic E-state index is 0.0709. The van der Waals surface area contributed by atoms with E-state index in [9.17, 15) is 4.79 Å². The Morgan fingerprint density at radius 1 is 1.58 bits per heavy atom. The maximum atomic E-state index is 11.2. The van der Waals surface area contributed by atoms with E-state index in [-0.39, 0.29) is 11.9 Å². The van der Waals surface area contributed by atoms with Gasteiger partial charge in [-0.05, 0) is 34.6 Å². The van der Waals surface area contributed by atoms with Crippen molar-refractivity contribution in [2.45, 2.75) is 6.04 Å². The number of carbonyl (C=O) groups excluding carboxylic acids is 1. The minimum atomic E-state index is -0.288. The van der Waals surface area contributed by atoms with Crippen molar-refractivity contribution in [1.82, 2.24) is 10.6 Å². The highest BCUT2D eigenvalue weighted by molar-refractivity contribution is 7.80. The molecule has 2 N–H and O–H groups in total. The highest BCUT2D eigenvalue weighted by Crippen LogP contribution is 2.18. The van der Waals surface area contributed by atoms with E-state index in [1.54, 1.807) is 11.3 Å². The molecule has 0 aliphatic carbocycles. The third kappa shape index (κ3) is 1.21. The summed E-state index contributed by atoms with van der Waals surface area (Å²) in [6, 6.07) is 1.62. The summed E-state index contributed by atoms with van der Waals surface area (Å²) < 4.78 is 0. The maximum Gasteiger partial charge on any atom is 0.253 e. The summed E-state index contributed by atoms with van der Waals surface area (Å²) in [5, 5.41) is 9.71. The summed E-state index contributed by atoms with van der Waals surface area (Å²) in [6.07, 6.45) is 0. The second-order valence-electron chi connectivity index (χ2n) is 2.45. The Morgan fingerprint density at radius 3 is 2.92 bits per heavy atom. The first-order valence-electron chi connectivity index (χ1n) is 3.41. The van der Waals surface area contributed by atoms with Crippen LogP contribution in [-0.4, -0.2) is 11.0 Å². The number of hydrogen-bond acceptors (Lipinski definition) is 3. The molecule has 0 aromatic carbocycles. The van der Waals surface area contributed by atoms with E-state index >= 15 is 0 Å². The third-order valence-corrected chi connectivity index (χ3v) is 2.57. The first-order chi connectivity index (χ1) is 5.77. The molecule has 12 heavy (non-hydrogen) atoms. The van der Waals surface area contributed by atoms with Crippen LogP contribution >= 0.6 is 23.6 Å². The number of carbonyl (C=O) groups is 1. The molecule has 1 saturated heterocycles. The van der Waals surface area contributed by atoms with Gasteiger partial charge in [0.25, 0.3) is 5.91 Å². The molecule has 0 bridgehead atoms. The van der Waals surface area contributed by atoms with Crippen LogP contribution in [0.1, 0.15) is 11.6 Å². The number of rotatable bonds is 1. The van der Waals surface area contributed by atoms with Gasteiger partial charge in [-0.15, -0.1) is 0 Å². The van der Waals surface area contributed by atoms with Crippen molar-refractivity contribution in [1.29, 1.82) is 0 Å². The molecule has 1 fully saturated rings. The Balaban J connectivity index is 2.26. The fraction of sp³-hybridized carbons (Fsp3) is 0.143. The van der Waals surface area contributed by atoms with Crippen LogP contribution in [0.4, 0.5) is 0 Å². The van der Waals surface area contributed by atoms with Crippen LogP contribution in [0.2, 0.25) is 0 Å². The van der Waals surface area contributed by atoms with Crippen molar-refractivity contribution in [3.63, 3.8) is 0 Å². The fourth-order valence-electron chi connectivity index (χ4n) is 1.09. The second-order valence-corrected chi connectivity index (χ2v) is 3.64. The van der Waals surface area contributed by atoms with Gasteiger partial charge >= 0.3 is 0 Å². The van der Waals surface area contributed by atoms with Gasteiger partial charge in [0, 0.05) is 0 Å². The van der Waals surface area contributed by atoms with Gasteiger partial charge in [0.1, 0.15) is 6.04 Å². The molecule has 2 heterocycles. The van der Waals surface area contributed by atoms with Crippen molar-refractivity contribution >= 4 is 34.6 Å². The Morgan fingerprint density at radius 2 is 2.42 bits per heavy atom. The van der Waals surface area contributed by atoms with Gasteiger partial charge in [0.2, 0.25) is 0 Å². The summed E-state index contributed by atoms with van der Waals surface area (Å²) in [5.41, 5.74) is 0.970.